The Balaban J connectivity index is 1.51. The summed E-state index contributed by atoms with van der Waals surface area (Å²) >= 11 is 0. The number of methoxy groups -OCH3 is 2. The topological polar surface area (TPSA) is 72.7 Å². The van der Waals surface area contributed by atoms with Gasteiger partial charge in [-0.05, 0) is 30.4 Å². The zero-order valence-electron chi connectivity index (χ0n) is 17.1. The molecule has 7 nitrogen and oxygen atoms in total. The van der Waals surface area contributed by atoms with Crippen molar-refractivity contribution in [3.05, 3.63) is 42.2 Å². The first-order valence-electron chi connectivity index (χ1n) is 10.1. The van der Waals surface area contributed by atoms with Gasteiger partial charge in [0.25, 0.3) is 0 Å². The minimum atomic E-state index is 0.144. The summed E-state index contributed by atoms with van der Waals surface area (Å²) < 4.78 is 13.3. The van der Waals surface area contributed by atoms with Crippen molar-refractivity contribution >= 4 is 11.5 Å². The average Bonchev–Trinajstić information content (AvgIpc) is 3.15. The Hall–Kier alpha value is -2.64. The fourth-order valence-electron chi connectivity index (χ4n) is 4.17. The van der Waals surface area contributed by atoms with Crippen LogP contribution < -0.4 is 15.4 Å². The van der Waals surface area contributed by atoms with Crippen LogP contribution in [-0.4, -0.2) is 53.8 Å². The van der Waals surface area contributed by atoms with Crippen molar-refractivity contribution in [1.29, 1.82) is 0 Å². The molecule has 1 aliphatic carbocycles. The number of fused-ring (bicyclic) bond motifs is 1. The molecular formula is C22H27N5O2. The van der Waals surface area contributed by atoms with Crippen molar-refractivity contribution in [2.24, 2.45) is 0 Å². The maximum atomic E-state index is 5.65. The number of anilines is 1. The van der Waals surface area contributed by atoms with Gasteiger partial charge >= 0.3 is 0 Å². The van der Waals surface area contributed by atoms with Crippen LogP contribution in [0.1, 0.15) is 25.3 Å². The van der Waals surface area contributed by atoms with Gasteiger partial charge in [0.15, 0.2) is 0 Å². The number of nitrogens with zero attached hydrogens (tertiary/aromatic N) is 3. The summed E-state index contributed by atoms with van der Waals surface area (Å²) in [6.07, 6.45) is 6.58. The van der Waals surface area contributed by atoms with E-state index in [9.17, 15) is 0 Å². The maximum Gasteiger partial charge on any atom is 0.140 e. The summed E-state index contributed by atoms with van der Waals surface area (Å²) in [6.45, 7) is 4.00. The first kappa shape index (κ1) is 18.4. The molecule has 3 aromatic rings. The van der Waals surface area contributed by atoms with Crippen molar-refractivity contribution in [2.45, 2.75) is 37.3 Å². The van der Waals surface area contributed by atoms with Crippen molar-refractivity contribution in [3.8, 4) is 17.1 Å². The van der Waals surface area contributed by atoms with Crippen LogP contribution in [0.5, 0.6) is 5.75 Å². The molecule has 0 amide bonds. The first-order chi connectivity index (χ1) is 14.1. The molecule has 4 heterocycles. The van der Waals surface area contributed by atoms with E-state index in [4.69, 9.17) is 14.5 Å². The third-order valence-electron chi connectivity index (χ3n) is 6.29. The van der Waals surface area contributed by atoms with Crippen LogP contribution in [0.3, 0.4) is 0 Å². The highest BCUT2D eigenvalue weighted by Gasteiger charge is 2.41. The molecule has 0 aromatic carbocycles. The van der Waals surface area contributed by atoms with Crippen molar-refractivity contribution in [2.75, 3.05) is 32.6 Å². The highest BCUT2D eigenvalue weighted by molar-refractivity contribution is 5.64. The molecular weight excluding hydrogens is 366 g/mol. The number of aromatic nitrogens is 3. The van der Waals surface area contributed by atoms with Gasteiger partial charge < -0.3 is 20.1 Å². The number of rotatable bonds is 6. The van der Waals surface area contributed by atoms with Gasteiger partial charge in [-0.15, -0.1) is 0 Å². The van der Waals surface area contributed by atoms with E-state index in [-0.39, 0.29) is 17.6 Å². The normalized spacial score (nSPS) is 22.7. The van der Waals surface area contributed by atoms with Gasteiger partial charge in [0.05, 0.1) is 36.8 Å². The lowest BCUT2D eigenvalue weighted by Crippen LogP contribution is -2.33. The van der Waals surface area contributed by atoms with Crippen LogP contribution in [0, 0.1) is 0 Å². The fraction of sp³-hybridized carbons (Fsp3) is 0.455. The lowest BCUT2D eigenvalue weighted by molar-refractivity contribution is 0.111. The maximum absolute atomic E-state index is 5.65. The largest absolute Gasteiger partial charge is 0.496 e. The van der Waals surface area contributed by atoms with E-state index in [0.717, 1.165) is 41.7 Å². The molecule has 1 aliphatic heterocycles. The van der Waals surface area contributed by atoms with Gasteiger partial charge in [0, 0.05) is 38.0 Å². The van der Waals surface area contributed by atoms with Crippen molar-refractivity contribution in [1.82, 2.24) is 19.7 Å². The molecule has 1 saturated heterocycles. The van der Waals surface area contributed by atoms with E-state index >= 15 is 0 Å². The van der Waals surface area contributed by atoms with Gasteiger partial charge in [-0.1, -0.05) is 13.0 Å². The second-order valence-electron chi connectivity index (χ2n) is 8.28. The predicted octanol–water partition coefficient (Wildman–Crippen LogP) is 2.86. The highest BCUT2D eigenvalue weighted by atomic mass is 16.5. The number of hydrogen-bond donors (Lipinski definition) is 2. The quantitative estimate of drug-likeness (QED) is 0.671. The van der Waals surface area contributed by atoms with E-state index in [1.165, 1.54) is 18.4 Å². The van der Waals surface area contributed by atoms with E-state index in [1.54, 1.807) is 14.2 Å². The molecule has 0 bridgehead atoms. The Morgan fingerprint density at radius 1 is 1.24 bits per heavy atom. The molecule has 7 heteroatoms. The third kappa shape index (κ3) is 3.24. The van der Waals surface area contributed by atoms with Gasteiger partial charge in [0.1, 0.15) is 17.2 Å². The molecule has 0 radical (unpaired) electrons. The smallest absolute Gasteiger partial charge is 0.140 e. The number of pyridine rings is 2. The lowest BCUT2D eigenvalue weighted by Gasteiger charge is -2.19. The SMILES string of the molecule is COc1cc2ncc(-c3cccc(NC4CNCC4OC)n3)n2cc1C1(C)CC1. The van der Waals surface area contributed by atoms with E-state index in [2.05, 4.69) is 33.1 Å². The third-order valence-corrected chi connectivity index (χ3v) is 6.29. The molecule has 5 rings (SSSR count). The molecule has 2 N–H and O–H groups in total. The molecule has 2 aliphatic rings. The Kier molecular flexibility index (Phi) is 4.44. The van der Waals surface area contributed by atoms with Crippen molar-refractivity contribution < 1.29 is 9.47 Å². The Morgan fingerprint density at radius 3 is 2.86 bits per heavy atom. The standard InChI is InChI=1S/C22H27N5O2/c1-22(7-8-22)14-13-27-17(11-24-21(27)9-18(14)28-2)15-5-4-6-20(25-15)26-16-10-23-12-19(16)29-3/h4-6,9,11,13,16,19,23H,7-8,10,12H2,1-3H3,(H,25,26). The average molecular weight is 393 g/mol. The summed E-state index contributed by atoms with van der Waals surface area (Å²) in [5, 5.41) is 6.86. The number of imidazole rings is 1. The van der Waals surface area contributed by atoms with Gasteiger partial charge in [-0.25, -0.2) is 9.97 Å². The molecule has 2 unspecified atom stereocenters. The number of hydrogen-bond acceptors (Lipinski definition) is 6. The summed E-state index contributed by atoms with van der Waals surface area (Å²) in [4.78, 5) is 9.46. The molecule has 2 atom stereocenters. The summed E-state index contributed by atoms with van der Waals surface area (Å²) in [5.74, 6) is 1.76. The van der Waals surface area contributed by atoms with E-state index in [1.807, 2.05) is 30.5 Å². The summed E-state index contributed by atoms with van der Waals surface area (Å²) in [7, 11) is 3.48. The first-order valence-corrected chi connectivity index (χ1v) is 10.1. The summed E-state index contributed by atoms with van der Waals surface area (Å²) in [6, 6.07) is 8.28. The second kappa shape index (κ2) is 7.00. The molecule has 29 heavy (non-hydrogen) atoms. The predicted molar refractivity (Wildman–Crippen MR) is 113 cm³/mol. The Bertz CT molecular complexity index is 1040. The Morgan fingerprint density at radius 2 is 2.10 bits per heavy atom. The van der Waals surface area contributed by atoms with E-state index in [0.29, 0.717) is 0 Å². The Labute approximate surface area is 170 Å². The molecule has 3 aromatic heterocycles. The fourth-order valence-corrected chi connectivity index (χ4v) is 4.17. The second-order valence-corrected chi connectivity index (χ2v) is 8.28. The van der Waals surface area contributed by atoms with Gasteiger partial charge in [-0.3, -0.25) is 4.40 Å². The monoisotopic (exact) mass is 393 g/mol. The molecule has 0 spiro atoms. The van der Waals surface area contributed by atoms with Crippen molar-refractivity contribution in [3.63, 3.8) is 0 Å². The number of nitrogens with one attached hydrogen (secondary N) is 2. The summed E-state index contributed by atoms with van der Waals surface area (Å²) in [5.41, 5.74) is 4.16. The van der Waals surface area contributed by atoms with Gasteiger partial charge in [-0.2, -0.15) is 0 Å². The molecule has 152 valence electrons. The van der Waals surface area contributed by atoms with Crippen LogP contribution >= 0.6 is 0 Å². The van der Waals surface area contributed by atoms with Crippen LogP contribution in [0.2, 0.25) is 0 Å². The molecule has 2 fully saturated rings. The lowest BCUT2D eigenvalue weighted by atomic mass is 9.99. The van der Waals surface area contributed by atoms with Crippen LogP contribution in [-0.2, 0) is 10.2 Å². The van der Waals surface area contributed by atoms with Crippen LogP contribution in [0.15, 0.2) is 36.7 Å². The minimum absolute atomic E-state index is 0.144. The van der Waals surface area contributed by atoms with Crippen LogP contribution in [0.25, 0.3) is 17.0 Å². The molecule has 1 saturated carbocycles. The highest BCUT2D eigenvalue weighted by Crippen LogP contribution is 2.51. The zero-order chi connectivity index (χ0) is 20.0. The van der Waals surface area contributed by atoms with Gasteiger partial charge in [0.2, 0.25) is 0 Å². The number of ether oxygens (including phenoxy) is 2. The minimum Gasteiger partial charge on any atom is -0.496 e. The van der Waals surface area contributed by atoms with Crippen LogP contribution in [0.4, 0.5) is 5.82 Å². The zero-order valence-corrected chi connectivity index (χ0v) is 17.1. The van der Waals surface area contributed by atoms with E-state index < -0.39 is 0 Å².